The molecule has 4 amide bonds. The topological polar surface area (TPSA) is 93.6 Å². The summed E-state index contributed by atoms with van der Waals surface area (Å²) >= 11 is 0. The van der Waals surface area contributed by atoms with Gasteiger partial charge in [0.05, 0.1) is 0 Å². The van der Waals surface area contributed by atoms with E-state index < -0.39 is 5.54 Å². The first-order chi connectivity index (χ1) is 21.7. The van der Waals surface area contributed by atoms with Crippen molar-refractivity contribution in [1.29, 1.82) is 0 Å². The third-order valence-electron chi connectivity index (χ3n) is 10.1. The second kappa shape index (κ2) is 12.8. The Morgan fingerprint density at radius 2 is 1.40 bits per heavy atom. The van der Waals surface area contributed by atoms with Gasteiger partial charge >= 0.3 is 0 Å². The monoisotopic (exact) mass is 611 g/mol. The second-order valence-electron chi connectivity index (χ2n) is 13.1. The molecule has 9 nitrogen and oxygen atoms in total. The molecule has 2 saturated heterocycles. The Bertz CT molecular complexity index is 1500. The first-order valence-electron chi connectivity index (χ1n) is 16.6. The summed E-state index contributed by atoms with van der Waals surface area (Å²) < 4.78 is 0. The summed E-state index contributed by atoms with van der Waals surface area (Å²) in [5.41, 5.74) is 4.96. The van der Waals surface area contributed by atoms with Crippen LogP contribution in [0.4, 0.5) is 0 Å². The number of carbonyl (C=O) groups excluding carboxylic acids is 4. The normalized spacial score (nSPS) is 20.5. The van der Waals surface area contributed by atoms with Crippen molar-refractivity contribution in [3.05, 3.63) is 59.2 Å². The van der Waals surface area contributed by atoms with E-state index in [1.54, 1.807) is 23.6 Å². The van der Waals surface area contributed by atoms with Gasteiger partial charge in [-0.15, -0.1) is 0 Å². The maximum absolute atomic E-state index is 13.3. The number of benzene rings is 2. The molecule has 238 valence electrons. The quantitative estimate of drug-likeness (QED) is 0.516. The van der Waals surface area contributed by atoms with Crippen molar-refractivity contribution in [3.8, 4) is 11.1 Å². The van der Waals surface area contributed by atoms with Crippen LogP contribution in [0.1, 0.15) is 76.0 Å². The first kappa shape index (κ1) is 31.0. The van der Waals surface area contributed by atoms with Gasteiger partial charge in [-0.1, -0.05) is 42.5 Å². The third kappa shape index (κ3) is 6.40. The Balaban J connectivity index is 0.000000301. The minimum atomic E-state index is -0.748. The number of likely N-dealkylation sites (N-methyl/N-ethyl adjacent to an activating group) is 1. The van der Waals surface area contributed by atoms with E-state index in [-0.39, 0.29) is 17.7 Å². The van der Waals surface area contributed by atoms with Crippen LogP contribution in [-0.4, -0.2) is 93.9 Å². The summed E-state index contributed by atoms with van der Waals surface area (Å²) in [7, 11) is 0. The number of aliphatic imine (C=N–C) groups is 1. The molecule has 0 atom stereocenters. The van der Waals surface area contributed by atoms with Crippen molar-refractivity contribution >= 4 is 29.5 Å². The van der Waals surface area contributed by atoms with Crippen molar-refractivity contribution < 1.29 is 19.2 Å². The van der Waals surface area contributed by atoms with E-state index >= 15 is 0 Å². The van der Waals surface area contributed by atoms with Gasteiger partial charge in [0.2, 0.25) is 17.7 Å². The van der Waals surface area contributed by atoms with Gasteiger partial charge < -0.3 is 14.7 Å². The minimum absolute atomic E-state index is 0.0517. The zero-order chi connectivity index (χ0) is 31.7. The number of carbonyl (C=O) groups is 4. The van der Waals surface area contributed by atoms with Crippen LogP contribution in [-0.2, 0) is 32.1 Å². The molecule has 0 aromatic heterocycles. The molecule has 1 spiro atoms. The van der Waals surface area contributed by atoms with Gasteiger partial charge in [-0.3, -0.25) is 29.1 Å². The highest BCUT2D eigenvalue weighted by Crippen LogP contribution is 2.36. The average molecular weight is 612 g/mol. The first-order valence-corrected chi connectivity index (χ1v) is 16.6. The Hall–Kier alpha value is -4.01. The molecule has 9 heteroatoms. The Morgan fingerprint density at radius 3 is 2.00 bits per heavy atom. The smallest absolute Gasteiger partial charge is 0.256 e. The van der Waals surface area contributed by atoms with Crippen molar-refractivity contribution in [2.24, 2.45) is 10.9 Å². The predicted octanol–water partition coefficient (Wildman–Crippen LogP) is 4.27. The van der Waals surface area contributed by atoms with Crippen molar-refractivity contribution in [1.82, 2.24) is 19.6 Å². The van der Waals surface area contributed by atoms with Crippen molar-refractivity contribution in [3.63, 3.8) is 0 Å². The molecule has 1 saturated carbocycles. The highest BCUT2D eigenvalue weighted by Gasteiger charge is 2.49. The molecule has 0 bridgehead atoms. The fraction of sp³-hybridized carbons (Fsp3) is 0.528. The van der Waals surface area contributed by atoms with E-state index in [1.807, 2.05) is 28.9 Å². The Morgan fingerprint density at radius 1 is 0.778 bits per heavy atom. The Labute approximate surface area is 266 Å². The van der Waals surface area contributed by atoms with Crippen LogP contribution >= 0.6 is 0 Å². The second-order valence-corrected chi connectivity index (χ2v) is 13.1. The average Bonchev–Trinajstić information content (AvgIpc) is 3.69. The van der Waals surface area contributed by atoms with Crippen LogP contribution in [0.2, 0.25) is 0 Å². The lowest BCUT2D eigenvalue weighted by Gasteiger charge is -2.35. The zero-order valence-corrected chi connectivity index (χ0v) is 26.9. The molecule has 4 aliphatic heterocycles. The van der Waals surface area contributed by atoms with E-state index in [1.165, 1.54) is 24.0 Å². The number of nitrogens with zero attached hydrogens (tertiary/aromatic N) is 5. The van der Waals surface area contributed by atoms with Crippen LogP contribution in [0.25, 0.3) is 11.1 Å². The number of amidine groups is 1. The van der Waals surface area contributed by atoms with Gasteiger partial charge in [-0.05, 0) is 74.1 Å². The highest BCUT2D eigenvalue weighted by molar-refractivity contribution is 6.15. The van der Waals surface area contributed by atoms with Gasteiger partial charge in [0, 0.05) is 71.1 Å². The molecule has 7 rings (SSSR count). The van der Waals surface area contributed by atoms with Crippen LogP contribution in [0.5, 0.6) is 0 Å². The summed E-state index contributed by atoms with van der Waals surface area (Å²) in [4.78, 5) is 60.6. The maximum atomic E-state index is 13.3. The van der Waals surface area contributed by atoms with E-state index in [9.17, 15) is 19.2 Å². The van der Waals surface area contributed by atoms with Crippen molar-refractivity contribution in [2.75, 3.05) is 39.3 Å². The number of likely N-dealkylation sites (tertiary alicyclic amines) is 2. The number of amides is 4. The maximum Gasteiger partial charge on any atom is 0.256 e. The number of rotatable bonds is 4. The van der Waals surface area contributed by atoms with Crippen LogP contribution in [0.3, 0.4) is 0 Å². The van der Waals surface area contributed by atoms with Crippen LogP contribution < -0.4 is 0 Å². The molecule has 5 aliphatic rings. The lowest BCUT2D eigenvalue weighted by Crippen LogP contribution is -2.51. The van der Waals surface area contributed by atoms with E-state index in [0.717, 1.165) is 61.4 Å². The van der Waals surface area contributed by atoms with E-state index in [2.05, 4.69) is 30.3 Å². The van der Waals surface area contributed by atoms with Crippen LogP contribution in [0.15, 0.2) is 47.5 Å². The van der Waals surface area contributed by atoms with Crippen LogP contribution in [0, 0.1) is 5.92 Å². The molecule has 2 aromatic carbocycles. The van der Waals surface area contributed by atoms with Gasteiger partial charge in [-0.2, -0.15) is 0 Å². The van der Waals surface area contributed by atoms with Gasteiger partial charge in [0.15, 0.2) is 0 Å². The lowest BCUT2D eigenvalue weighted by atomic mass is 9.87. The summed E-state index contributed by atoms with van der Waals surface area (Å²) in [6.07, 6.45) is 6.75. The summed E-state index contributed by atoms with van der Waals surface area (Å²) in [6.45, 7) is 10.4. The van der Waals surface area contributed by atoms with E-state index in [4.69, 9.17) is 4.99 Å². The molecular weight excluding hydrogens is 566 g/mol. The third-order valence-corrected chi connectivity index (χ3v) is 10.1. The molecule has 1 aliphatic carbocycles. The summed E-state index contributed by atoms with van der Waals surface area (Å²) in [5.74, 6) is 1.81. The minimum Gasteiger partial charge on any atom is -0.343 e. The molecule has 0 unspecified atom stereocenters. The number of hydrogen-bond acceptors (Lipinski definition) is 5. The SMILES string of the molecule is CCN1C(=O)C2(CCN(C(C)=O)CC2)N=C1c1ccc(-c2ccc3c(c2)CCN(C(C)=O)C3)cc1.O=C(C1CC1)N1CCCC1. The molecule has 0 radical (unpaired) electrons. The summed E-state index contributed by atoms with van der Waals surface area (Å²) in [6, 6.07) is 14.7. The summed E-state index contributed by atoms with van der Waals surface area (Å²) in [5, 5.41) is 0. The zero-order valence-electron chi connectivity index (χ0n) is 26.9. The van der Waals surface area contributed by atoms with Gasteiger partial charge in [-0.25, -0.2) is 0 Å². The molecule has 4 heterocycles. The highest BCUT2D eigenvalue weighted by atomic mass is 16.2. The standard InChI is InChI=1S/C28H32N4O3.C8H13NO/c1-4-32-26(29-28(27(32)35)12-15-30(16-13-28)19(2)33)22-7-5-21(6-8-22)23-9-10-25-18-31(20(3)34)14-11-24(25)17-23;10-8(7-3-4-7)9-5-1-2-6-9/h5-10,17H,4,11-16,18H2,1-3H3;7H,1-6H2. The largest absolute Gasteiger partial charge is 0.343 e. The molecule has 0 N–H and O–H groups in total. The molecule has 3 fully saturated rings. The predicted molar refractivity (Wildman–Crippen MR) is 173 cm³/mol. The van der Waals surface area contributed by atoms with Gasteiger partial charge in [0.1, 0.15) is 11.4 Å². The fourth-order valence-electron chi connectivity index (χ4n) is 7.03. The number of fused-ring (bicyclic) bond motifs is 1. The number of hydrogen-bond donors (Lipinski definition) is 0. The van der Waals surface area contributed by atoms with E-state index in [0.29, 0.717) is 50.8 Å². The number of piperidine rings is 1. The fourth-order valence-corrected chi connectivity index (χ4v) is 7.03. The molecular formula is C36H45N5O4. The molecule has 45 heavy (non-hydrogen) atoms. The lowest BCUT2D eigenvalue weighted by molar-refractivity contribution is -0.137. The van der Waals surface area contributed by atoms with Crippen molar-refractivity contribution in [2.45, 2.75) is 77.8 Å². The van der Waals surface area contributed by atoms with Gasteiger partial charge in [0.25, 0.3) is 5.91 Å². The Kier molecular flexibility index (Phi) is 8.80. The molecule has 2 aromatic rings.